The van der Waals surface area contributed by atoms with Crippen LogP contribution in [-0.4, -0.2) is 28.2 Å². The molecule has 0 unspecified atom stereocenters. The molecular weight excluding hydrogens is 362 g/mol. The molecule has 3 rings (SSSR count). The molecule has 148 valence electrons. The summed E-state index contributed by atoms with van der Waals surface area (Å²) in [6, 6.07) is 18.8. The lowest BCUT2D eigenvalue weighted by molar-refractivity contribution is 0.0746. The molecule has 0 fully saturated rings. The monoisotopic (exact) mass is 387 g/mol. The molecule has 0 bridgehead atoms. The number of nitrogens with one attached hydrogen (secondary N) is 1. The first kappa shape index (κ1) is 20.3. The van der Waals surface area contributed by atoms with Crippen molar-refractivity contribution in [2.45, 2.75) is 27.3 Å². The lowest BCUT2D eigenvalue weighted by Crippen LogP contribution is -2.31. The van der Waals surface area contributed by atoms with Crippen LogP contribution in [0.25, 0.3) is 0 Å². The molecule has 0 aliphatic heterocycles. The highest BCUT2D eigenvalue weighted by molar-refractivity contribution is 6.05. The standard InChI is InChI=1S/C24H25N3O2/c1-4-27(16-19-8-6-5-7-9-19)24(29)22-15-20(10-11-25-22)23(28)26-21-13-17(2)12-18(3)14-21/h5-15H,4,16H2,1-3H3,(H,26,28). The van der Waals surface area contributed by atoms with Crippen LogP contribution in [0.5, 0.6) is 0 Å². The third kappa shape index (κ3) is 5.29. The number of anilines is 1. The molecule has 1 heterocycles. The molecule has 5 nitrogen and oxygen atoms in total. The molecular formula is C24H25N3O2. The van der Waals surface area contributed by atoms with Gasteiger partial charge in [-0.3, -0.25) is 14.6 Å². The quantitative estimate of drug-likeness (QED) is 0.672. The van der Waals surface area contributed by atoms with Crippen LogP contribution in [-0.2, 0) is 6.54 Å². The topological polar surface area (TPSA) is 62.3 Å². The highest BCUT2D eigenvalue weighted by atomic mass is 16.2. The zero-order valence-corrected chi connectivity index (χ0v) is 17.0. The minimum atomic E-state index is -0.266. The van der Waals surface area contributed by atoms with Gasteiger partial charge in [0.15, 0.2) is 0 Å². The molecule has 2 aromatic carbocycles. The van der Waals surface area contributed by atoms with Crippen molar-refractivity contribution in [3.63, 3.8) is 0 Å². The second kappa shape index (κ2) is 9.15. The number of aromatic nitrogens is 1. The Hall–Kier alpha value is -3.47. The van der Waals surface area contributed by atoms with Crippen LogP contribution < -0.4 is 5.32 Å². The molecule has 0 saturated heterocycles. The van der Waals surface area contributed by atoms with E-state index in [1.807, 2.05) is 69.3 Å². The number of amides is 2. The van der Waals surface area contributed by atoms with Crippen molar-refractivity contribution >= 4 is 17.5 Å². The highest BCUT2D eigenvalue weighted by Gasteiger charge is 2.18. The number of pyridine rings is 1. The average molecular weight is 387 g/mol. The van der Waals surface area contributed by atoms with Crippen LogP contribution in [0.4, 0.5) is 5.69 Å². The Balaban J connectivity index is 1.76. The largest absolute Gasteiger partial charge is 0.333 e. The van der Waals surface area contributed by atoms with E-state index in [1.54, 1.807) is 17.0 Å². The summed E-state index contributed by atoms with van der Waals surface area (Å²) >= 11 is 0. The third-order valence-corrected chi connectivity index (χ3v) is 4.61. The summed E-state index contributed by atoms with van der Waals surface area (Å²) in [4.78, 5) is 31.5. The van der Waals surface area contributed by atoms with Gasteiger partial charge in [0.05, 0.1) is 0 Å². The van der Waals surface area contributed by atoms with Crippen LogP contribution in [0.1, 0.15) is 44.5 Å². The van der Waals surface area contributed by atoms with Crippen molar-refractivity contribution in [2.24, 2.45) is 0 Å². The summed E-state index contributed by atoms with van der Waals surface area (Å²) in [6.45, 7) is 6.94. The van der Waals surface area contributed by atoms with Gasteiger partial charge in [-0.25, -0.2) is 0 Å². The minimum Gasteiger partial charge on any atom is -0.333 e. The molecule has 3 aromatic rings. The number of rotatable bonds is 6. The molecule has 29 heavy (non-hydrogen) atoms. The van der Waals surface area contributed by atoms with Gasteiger partial charge >= 0.3 is 0 Å². The summed E-state index contributed by atoms with van der Waals surface area (Å²) in [6.07, 6.45) is 1.50. The van der Waals surface area contributed by atoms with Gasteiger partial charge in [0.25, 0.3) is 11.8 Å². The van der Waals surface area contributed by atoms with Crippen molar-refractivity contribution in [3.05, 3.63) is 94.8 Å². The first-order valence-electron chi connectivity index (χ1n) is 9.65. The van der Waals surface area contributed by atoms with E-state index in [4.69, 9.17) is 0 Å². The second-order valence-electron chi connectivity index (χ2n) is 7.07. The van der Waals surface area contributed by atoms with Gasteiger partial charge in [0.1, 0.15) is 5.69 Å². The molecule has 0 spiro atoms. The van der Waals surface area contributed by atoms with E-state index in [0.717, 1.165) is 22.4 Å². The summed E-state index contributed by atoms with van der Waals surface area (Å²) in [5.41, 5.74) is 4.59. The van der Waals surface area contributed by atoms with Gasteiger partial charge in [-0.05, 0) is 61.7 Å². The number of aryl methyl sites for hydroxylation is 2. The maximum absolute atomic E-state index is 12.9. The number of carbonyl (C=O) groups is 2. The Bertz CT molecular complexity index is 995. The fraction of sp³-hybridized carbons (Fsp3) is 0.208. The molecule has 0 saturated carbocycles. The number of benzene rings is 2. The van der Waals surface area contributed by atoms with E-state index < -0.39 is 0 Å². The lowest BCUT2D eigenvalue weighted by Gasteiger charge is -2.20. The summed E-state index contributed by atoms with van der Waals surface area (Å²) < 4.78 is 0. The molecule has 0 aliphatic carbocycles. The van der Waals surface area contributed by atoms with Crippen LogP contribution in [0, 0.1) is 13.8 Å². The predicted molar refractivity (Wildman–Crippen MR) is 115 cm³/mol. The van der Waals surface area contributed by atoms with Crippen LogP contribution in [0.2, 0.25) is 0 Å². The van der Waals surface area contributed by atoms with Crippen LogP contribution in [0.3, 0.4) is 0 Å². The van der Waals surface area contributed by atoms with Gasteiger partial charge < -0.3 is 10.2 Å². The summed E-state index contributed by atoms with van der Waals surface area (Å²) in [5, 5.41) is 2.90. The van der Waals surface area contributed by atoms with Crippen LogP contribution in [0.15, 0.2) is 66.9 Å². The van der Waals surface area contributed by atoms with E-state index in [1.165, 1.54) is 6.20 Å². The maximum atomic E-state index is 12.9. The summed E-state index contributed by atoms with van der Waals surface area (Å²) in [5.74, 6) is -0.463. The van der Waals surface area contributed by atoms with Gasteiger partial charge in [0.2, 0.25) is 0 Å². The van der Waals surface area contributed by atoms with Crippen molar-refractivity contribution in [3.8, 4) is 0 Å². The number of hydrogen-bond acceptors (Lipinski definition) is 3. The number of hydrogen-bond donors (Lipinski definition) is 1. The average Bonchev–Trinajstić information content (AvgIpc) is 2.71. The van der Waals surface area contributed by atoms with E-state index >= 15 is 0 Å². The SMILES string of the molecule is CCN(Cc1ccccc1)C(=O)c1cc(C(=O)Nc2cc(C)cc(C)c2)ccn1. The van der Waals surface area contributed by atoms with E-state index in [2.05, 4.69) is 10.3 Å². The number of nitrogens with zero attached hydrogens (tertiary/aromatic N) is 2. The lowest BCUT2D eigenvalue weighted by atomic mass is 10.1. The maximum Gasteiger partial charge on any atom is 0.272 e. The molecule has 0 aliphatic rings. The molecule has 0 radical (unpaired) electrons. The van der Waals surface area contributed by atoms with E-state index in [-0.39, 0.29) is 17.5 Å². The molecule has 0 atom stereocenters. The van der Waals surface area contributed by atoms with E-state index in [0.29, 0.717) is 18.7 Å². The normalized spacial score (nSPS) is 10.4. The van der Waals surface area contributed by atoms with Gasteiger partial charge in [-0.2, -0.15) is 0 Å². The smallest absolute Gasteiger partial charge is 0.272 e. The van der Waals surface area contributed by atoms with Gasteiger partial charge in [-0.1, -0.05) is 36.4 Å². The van der Waals surface area contributed by atoms with E-state index in [9.17, 15) is 9.59 Å². The zero-order chi connectivity index (χ0) is 20.8. The fourth-order valence-electron chi connectivity index (χ4n) is 3.23. The molecule has 1 aromatic heterocycles. The first-order chi connectivity index (χ1) is 14.0. The van der Waals surface area contributed by atoms with Gasteiger partial charge in [-0.15, -0.1) is 0 Å². The Labute approximate surface area is 171 Å². The van der Waals surface area contributed by atoms with Crippen molar-refractivity contribution < 1.29 is 9.59 Å². The molecule has 5 heteroatoms. The zero-order valence-electron chi connectivity index (χ0n) is 17.0. The Morgan fingerprint density at radius 2 is 1.66 bits per heavy atom. The number of carbonyl (C=O) groups excluding carboxylic acids is 2. The second-order valence-corrected chi connectivity index (χ2v) is 7.07. The van der Waals surface area contributed by atoms with Crippen molar-refractivity contribution in [2.75, 3.05) is 11.9 Å². The van der Waals surface area contributed by atoms with Crippen molar-refractivity contribution in [1.82, 2.24) is 9.88 Å². The van der Waals surface area contributed by atoms with Crippen molar-refractivity contribution in [1.29, 1.82) is 0 Å². The fourth-order valence-corrected chi connectivity index (χ4v) is 3.23. The molecule has 1 N–H and O–H groups in total. The molecule has 2 amide bonds. The van der Waals surface area contributed by atoms with Gasteiger partial charge in [0, 0.05) is 30.5 Å². The first-order valence-corrected chi connectivity index (χ1v) is 9.65. The summed E-state index contributed by atoms with van der Waals surface area (Å²) in [7, 11) is 0. The third-order valence-electron chi connectivity index (χ3n) is 4.61. The Morgan fingerprint density at radius 1 is 0.966 bits per heavy atom. The highest BCUT2D eigenvalue weighted by Crippen LogP contribution is 2.16. The minimum absolute atomic E-state index is 0.197. The van der Waals surface area contributed by atoms with Crippen LogP contribution >= 0.6 is 0 Å². The Morgan fingerprint density at radius 3 is 2.31 bits per heavy atom. The Kier molecular flexibility index (Phi) is 6.39. The predicted octanol–water partition coefficient (Wildman–Crippen LogP) is 4.61.